The highest BCUT2D eigenvalue weighted by Gasteiger charge is 2.30. The standard InChI is InChI=1S/C18H28N4O3/c1-13(2)17-19-18(25-20-17)14-7-6-10-21(11-14)16(24)12-22-9-5-3-4-8-15(22)23/h13-14H,3-12H2,1-2H3. The van der Waals surface area contributed by atoms with Crippen molar-refractivity contribution in [3.63, 3.8) is 0 Å². The zero-order chi connectivity index (χ0) is 17.8. The Hall–Kier alpha value is -1.92. The zero-order valence-corrected chi connectivity index (χ0v) is 15.2. The first-order valence-corrected chi connectivity index (χ1v) is 9.43. The minimum absolute atomic E-state index is 0.0311. The van der Waals surface area contributed by atoms with Crippen molar-refractivity contribution in [3.8, 4) is 0 Å². The molecule has 2 fully saturated rings. The monoisotopic (exact) mass is 348 g/mol. The molecule has 0 bridgehead atoms. The van der Waals surface area contributed by atoms with Gasteiger partial charge < -0.3 is 14.3 Å². The maximum atomic E-state index is 12.7. The van der Waals surface area contributed by atoms with Crippen LogP contribution in [0.1, 0.15) is 75.9 Å². The van der Waals surface area contributed by atoms with Gasteiger partial charge in [-0.2, -0.15) is 4.98 Å². The van der Waals surface area contributed by atoms with E-state index in [4.69, 9.17) is 4.52 Å². The molecule has 2 saturated heterocycles. The lowest BCUT2D eigenvalue weighted by Crippen LogP contribution is -2.46. The van der Waals surface area contributed by atoms with Crippen LogP contribution in [0.15, 0.2) is 4.52 Å². The largest absolute Gasteiger partial charge is 0.340 e. The Morgan fingerprint density at radius 2 is 2.08 bits per heavy atom. The minimum Gasteiger partial charge on any atom is -0.340 e. The first-order chi connectivity index (χ1) is 12.0. The molecule has 0 spiro atoms. The predicted molar refractivity (Wildman–Crippen MR) is 92.0 cm³/mol. The first-order valence-electron chi connectivity index (χ1n) is 9.43. The third kappa shape index (κ3) is 4.38. The van der Waals surface area contributed by atoms with E-state index >= 15 is 0 Å². The molecule has 7 nitrogen and oxygen atoms in total. The van der Waals surface area contributed by atoms with E-state index in [1.165, 1.54) is 0 Å². The number of amides is 2. The van der Waals surface area contributed by atoms with Gasteiger partial charge in [-0.15, -0.1) is 0 Å². The summed E-state index contributed by atoms with van der Waals surface area (Å²) in [6.07, 6.45) is 5.43. The highest BCUT2D eigenvalue weighted by atomic mass is 16.5. The normalized spacial score (nSPS) is 22.4. The molecule has 1 atom stereocenters. The fraction of sp³-hybridized carbons (Fsp3) is 0.778. The third-order valence-corrected chi connectivity index (χ3v) is 5.09. The summed E-state index contributed by atoms with van der Waals surface area (Å²) in [5.41, 5.74) is 0. The first kappa shape index (κ1) is 17.9. The molecular formula is C18H28N4O3. The molecule has 0 N–H and O–H groups in total. The van der Waals surface area contributed by atoms with Gasteiger partial charge in [0.2, 0.25) is 17.7 Å². The molecule has 3 heterocycles. The molecule has 1 aromatic heterocycles. The van der Waals surface area contributed by atoms with Crippen LogP contribution in [0.3, 0.4) is 0 Å². The van der Waals surface area contributed by atoms with Crippen molar-refractivity contribution in [2.75, 3.05) is 26.2 Å². The van der Waals surface area contributed by atoms with Gasteiger partial charge in [0.1, 0.15) is 0 Å². The quantitative estimate of drug-likeness (QED) is 0.834. The van der Waals surface area contributed by atoms with Gasteiger partial charge >= 0.3 is 0 Å². The lowest BCUT2D eigenvalue weighted by Gasteiger charge is -2.32. The van der Waals surface area contributed by atoms with Gasteiger partial charge in [-0.1, -0.05) is 25.4 Å². The lowest BCUT2D eigenvalue weighted by molar-refractivity contribution is -0.141. The molecule has 1 aromatic rings. The van der Waals surface area contributed by atoms with Crippen molar-refractivity contribution in [3.05, 3.63) is 11.7 Å². The topological polar surface area (TPSA) is 79.5 Å². The Labute approximate surface area is 148 Å². The fourth-order valence-corrected chi connectivity index (χ4v) is 3.52. The lowest BCUT2D eigenvalue weighted by atomic mass is 9.98. The molecule has 2 amide bonds. The van der Waals surface area contributed by atoms with Gasteiger partial charge in [0, 0.05) is 32.0 Å². The Morgan fingerprint density at radius 1 is 1.24 bits per heavy atom. The molecular weight excluding hydrogens is 320 g/mol. The summed E-state index contributed by atoms with van der Waals surface area (Å²) in [6.45, 7) is 6.30. The van der Waals surface area contributed by atoms with E-state index in [9.17, 15) is 9.59 Å². The van der Waals surface area contributed by atoms with Gasteiger partial charge in [0.25, 0.3) is 0 Å². The number of piperidine rings is 1. The molecule has 3 rings (SSSR count). The minimum atomic E-state index is 0.0311. The van der Waals surface area contributed by atoms with Crippen molar-refractivity contribution in [1.82, 2.24) is 19.9 Å². The van der Waals surface area contributed by atoms with Crippen molar-refractivity contribution in [1.29, 1.82) is 0 Å². The summed E-state index contributed by atoms with van der Waals surface area (Å²) < 4.78 is 5.41. The summed E-state index contributed by atoms with van der Waals surface area (Å²) >= 11 is 0. The second kappa shape index (κ2) is 7.97. The van der Waals surface area contributed by atoms with E-state index in [-0.39, 0.29) is 30.2 Å². The van der Waals surface area contributed by atoms with Gasteiger partial charge in [0.05, 0.1) is 12.5 Å². The molecule has 25 heavy (non-hydrogen) atoms. The molecule has 0 radical (unpaired) electrons. The summed E-state index contributed by atoms with van der Waals surface area (Å²) in [5.74, 6) is 1.81. The highest BCUT2D eigenvalue weighted by molar-refractivity contribution is 5.85. The van der Waals surface area contributed by atoms with E-state index in [1.54, 1.807) is 4.90 Å². The maximum absolute atomic E-state index is 12.7. The SMILES string of the molecule is CC(C)c1noc(C2CCCN(C(=O)CN3CCCCCC3=O)C2)n1. The average Bonchev–Trinajstić information content (AvgIpc) is 3.02. The smallest absolute Gasteiger partial charge is 0.242 e. The van der Waals surface area contributed by atoms with E-state index < -0.39 is 0 Å². The predicted octanol–water partition coefficient (Wildman–Crippen LogP) is 2.30. The van der Waals surface area contributed by atoms with Crippen LogP contribution in [0.5, 0.6) is 0 Å². The van der Waals surface area contributed by atoms with Crippen LogP contribution in [-0.4, -0.2) is 57.9 Å². The van der Waals surface area contributed by atoms with Gasteiger partial charge in [0.15, 0.2) is 5.82 Å². The van der Waals surface area contributed by atoms with E-state index in [0.717, 1.165) is 38.6 Å². The Kier molecular flexibility index (Phi) is 5.71. The summed E-state index contributed by atoms with van der Waals surface area (Å²) in [5, 5.41) is 4.03. The fourth-order valence-electron chi connectivity index (χ4n) is 3.52. The van der Waals surface area contributed by atoms with Gasteiger partial charge in [-0.25, -0.2) is 0 Å². The average molecular weight is 348 g/mol. The van der Waals surface area contributed by atoms with Crippen LogP contribution < -0.4 is 0 Å². The highest BCUT2D eigenvalue weighted by Crippen LogP contribution is 2.27. The van der Waals surface area contributed by atoms with Crippen molar-refractivity contribution < 1.29 is 14.1 Å². The van der Waals surface area contributed by atoms with Gasteiger partial charge in [-0.3, -0.25) is 9.59 Å². The van der Waals surface area contributed by atoms with Crippen molar-refractivity contribution in [2.24, 2.45) is 0 Å². The Morgan fingerprint density at radius 3 is 2.84 bits per heavy atom. The molecule has 0 aromatic carbocycles. The summed E-state index contributed by atoms with van der Waals surface area (Å²) in [6, 6.07) is 0. The van der Waals surface area contributed by atoms with Crippen LogP contribution in [0, 0.1) is 0 Å². The number of carbonyl (C=O) groups is 2. The zero-order valence-electron chi connectivity index (χ0n) is 15.2. The Bertz CT molecular complexity index is 613. The van der Waals surface area contributed by atoms with E-state index in [1.807, 2.05) is 18.7 Å². The second-order valence-corrected chi connectivity index (χ2v) is 7.45. The third-order valence-electron chi connectivity index (χ3n) is 5.09. The molecule has 2 aliphatic heterocycles. The Balaban J connectivity index is 1.60. The molecule has 2 aliphatic rings. The number of aromatic nitrogens is 2. The van der Waals surface area contributed by atoms with Crippen LogP contribution in [0.25, 0.3) is 0 Å². The molecule has 0 saturated carbocycles. The van der Waals surface area contributed by atoms with Gasteiger partial charge in [-0.05, 0) is 25.7 Å². The van der Waals surface area contributed by atoms with Crippen LogP contribution in [0.4, 0.5) is 0 Å². The number of hydrogen-bond donors (Lipinski definition) is 0. The van der Waals surface area contributed by atoms with Crippen molar-refractivity contribution in [2.45, 2.75) is 64.2 Å². The number of rotatable bonds is 4. The van der Waals surface area contributed by atoms with E-state index in [2.05, 4.69) is 10.1 Å². The molecule has 0 aliphatic carbocycles. The molecule has 1 unspecified atom stereocenters. The number of nitrogens with zero attached hydrogens (tertiary/aromatic N) is 4. The number of likely N-dealkylation sites (tertiary alicyclic amines) is 2. The van der Waals surface area contributed by atoms with Crippen molar-refractivity contribution >= 4 is 11.8 Å². The van der Waals surface area contributed by atoms with E-state index in [0.29, 0.717) is 31.2 Å². The van der Waals surface area contributed by atoms with Crippen LogP contribution in [-0.2, 0) is 9.59 Å². The summed E-state index contributed by atoms with van der Waals surface area (Å²) in [7, 11) is 0. The second-order valence-electron chi connectivity index (χ2n) is 7.45. The van der Waals surface area contributed by atoms with Crippen LogP contribution in [0.2, 0.25) is 0 Å². The number of hydrogen-bond acceptors (Lipinski definition) is 5. The summed E-state index contributed by atoms with van der Waals surface area (Å²) in [4.78, 5) is 32.9. The maximum Gasteiger partial charge on any atom is 0.242 e. The molecule has 7 heteroatoms. The van der Waals surface area contributed by atoms with Crippen LogP contribution >= 0.6 is 0 Å². The number of carbonyl (C=O) groups excluding carboxylic acids is 2. The molecule has 138 valence electrons.